The Labute approximate surface area is 153 Å². The summed E-state index contributed by atoms with van der Waals surface area (Å²) in [5.41, 5.74) is 1.80. The van der Waals surface area contributed by atoms with Crippen LogP contribution in [0.5, 0.6) is 0 Å². The Morgan fingerprint density at radius 2 is 2.12 bits per heavy atom. The van der Waals surface area contributed by atoms with Gasteiger partial charge in [0.25, 0.3) is 5.91 Å². The second kappa shape index (κ2) is 7.60. The fourth-order valence-corrected chi connectivity index (χ4v) is 3.68. The summed E-state index contributed by atoms with van der Waals surface area (Å²) in [5.74, 6) is 0.962. The number of hydrogen-bond acceptors (Lipinski definition) is 3. The van der Waals surface area contributed by atoms with E-state index < -0.39 is 0 Å². The van der Waals surface area contributed by atoms with Gasteiger partial charge in [-0.2, -0.15) is 5.10 Å². The molecule has 1 aliphatic heterocycles. The molecular weight excluding hydrogens is 326 g/mol. The third kappa shape index (κ3) is 3.57. The van der Waals surface area contributed by atoms with Crippen molar-refractivity contribution in [1.29, 1.82) is 0 Å². The highest BCUT2D eigenvalue weighted by Gasteiger charge is 2.29. The van der Waals surface area contributed by atoms with Crippen molar-refractivity contribution in [3.63, 3.8) is 0 Å². The number of carbonyl (C=O) groups is 1. The molecule has 2 aromatic heterocycles. The van der Waals surface area contributed by atoms with Crippen LogP contribution in [0.15, 0.2) is 65.5 Å². The Morgan fingerprint density at radius 1 is 1.15 bits per heavy atom. The Hall–Kier alpha value is -2.82. The van der Waals surface area contributed by atoms with Gasteiger partial charge < -0.3 is 9.32 Å². The molecule has 0 bridgehead atoms. The highest BCUT2D eigenvalue weighted by Crippen LogP contribution is 2.31. The maximum atomic E-state index is 13.3. The topological polar surface area (TPSA) is 51.3 Å². The molecule has 26 heavy (non-hydrogen) atoms. The lowest BCUT2D eigenvalue weighted by Crippen LogP contribution is -2.34. The third-order valence-electron chi connectivity index (χ3n) is 4.96. The molecule has 0 aliphatic carbocycles. The zero-order chi connectivity index (χ0) is 17.8. The van der Waals surface area contributed by atoms with Gasteiger partial charge in [0, 0.05) is 24.5 Å². The minimum Gasteiger partial charge on any atom is -0.467 e. The monoisotopic (exact) mass is 349 g/mol. The summed E-state index contributed by atoms with van der Waals surface area (Å²) < 4.78 is 7.50. The first-order chi connectivity index (χ1) is 12.8. The normalized spacial score (nSPS) is 17.8. The van der Waals surface area contributed by atoms with Gasteiger partial charge in [0.1, 0.15) is 5.76 Å². The first-order valence-electron chi connectivity index (χ1n) is 9.22. The van der Waals surface area contributed by atoms with Crippen molar-refractivity contribution < 1.29 is 9.21 Å². The van der Waals surface area contributed by atoms with Gasteiger partial charge in [0.05, 0.1) is 18.8 Å². The summed E-state index contributed by atoms with van der Waals surface area (Å²) in [6.07, 6.45) is 9.64. The minimum atomic E-state index is 0.0229. The molecule has 5 heteroatoms. The number of hydrogen-bond donors (Lipinski definition) is 0. The molecule has 3 aromatic rings. The van der Waals surface area contributed by atoms with Gasteiger partial charge >= 0.3 is 0 Å². The van der Waals surface area contributed by atoms with Gasteiger partial charge in [-0.05, 0) is 48.7 Å². The van der Waals surface area contributed by atoms with Gasteiger partial charge in [0.15, 0.2) is 0 Å². The fraction of sp³-hybridized carbons (Fsp3) is 0.333. The molecule has 134 valence electrons. The van der Waals surface area contributed by atoms with Crippen LogP contribution >= 0.6 is 0 Å². The summed E-state index contributed by atoms with van der Waals surface area (Å²) in [4.78, 5) is 15.3. The quantitative estimate of drug-likeness (QED) is 0.706. The lowest BCUT2D eigenvalue weighted by molar-refractivity contribution is 0.0658. The maximum Gasteiger partial charge on any atom is 0.254 e. The molecule has 0 saturated carbocycles. The van der Waals surface area contributed by atoms with Crippen LogP contribution in [0.2, 0.25) is 0 Å². The van der Waals surface area contributed by atoms with Crippen molar-refractivity contribution in [3.8, 4) is 0 Å². The van der Waals surface area contributed by atoms with Crippen LogP contribution < -0.4 is 0 Å². The highest BCUT2D eigenvalue weighted by molar-refractivity contribution is 5.94. The van der Waals surface area contributed by atoms with Crippen molar-refractivity contribution in [2.75, 3.05) is 6.54 Å². The van der Waals surface area contributed by atoms with Gasteiger partial charge in [0.2, 0.25) is 0 Å². The van der Waals surface area contributed by atoms with E-state index >= 15 is 0 Å². The van der Waals surface area contributed by atoms with Crippen molar-refractivity contribution in [1.82, 2.24) is 14.7 Å². The molecule has 1 amide bonds. The molecule has 1 aliphatic rings. The van der Waals surface area contributed by atoms with Crippen LogP contribution in [-0.4, -0.2) is 27.1 Å². The average molecular weight is 349 g/mol. The predicted octanol–water partition coefficient (Wildman–Crippen LogP) is 4.28. The van der Waals surface area contributed by atoms with Crippen molar-refractivity contribution in [3.05, 3.63) is 78.0 Å². The van der Waals surface area contributed by atoms with Crippen molar-refractivity contribution in [2.24, 2.45) is 0 Å². The van der Waals surface area contributed by atoms with Crippen LogP contribution in [0.1, 0.15) is 53.4 Å². The number of furan rings is 1. The first-order valence-corrected chi connectivity index (χ1v) is 9.22. The summed E-state index contributed by atoms with van der Waals surface area (Å²) in [6, 6.07) is 13.7. The van der Waals surface area contributed by atoms with Crippen LogP contribution in [0.25, 0.3) is 0 Å². The predicted molar refractivity (Wildman–Crippen MR) is 98.7 cm³/mol. The summed E-state index contributed by atoms with van der Waals surface area (Å²) in [6.45, 7) is 1.43. The Morgan fingerprint density at radius 3 is 2.92 bits per heavy atom. The number of aromatic nitrogens is 2. The SMILES string of the molecule is O=C(c1cccc(Cn2cccn2)c1)N1CCCCC[C@@H]1c1ccco1. The lowest BCUT2D eigenvalue weighted by atomic mass is 10.1. The number of benzene rings is 1. The Bertz CT molecular complexity index is 840. The maximum absolute atomic E-state index is 13.3. The largest absolute Gasteiger partial charge is 0.467 e. The van der Waals surface area contributed by atoms with E-state index in [0.29, 0.717) is 6.54 Å². The standard InChI is InChI=1S/C21H23N3O2/c25-21(18-8-4-7-17(15-18)16-23-12-6-11-22-23)24-13-3-1-2-9-19(24)20-10-5-14-26-20/h4-8,10-12,14-15,19H,1-3,9,13,16H2/t19-/m1/s1. The van der Waals surface area contributed by atoms with Gasteiger partial charge in [-0.1, -0.05) is 25.0 Å². The molecular formula is C21H23N3O2. The molecule has 3 heterocycles. The van der Waals surface area contributed by atoms with Gasteiger partial charge in [-0.15, -0.1) is 0 Å². The van der Waals surface area contributed by atoms with E-state index in [4.69, 9.17) is 4.42 Å². The highest BCUT2D eigenvalue weighted by atomic mass is 16.3. The van der Waals surface area contributed by atoms with E-state index in [1.165, 1.54) is 0 Å². The number of rotatable bonds is 4. The molecule has 5 nitrogen and oxygen atoms in total. The van der Waals surface area contributed by atoms with Crippen molar-refractivity contribution in [2.45, 2.75) is 38.3 Å². The number of carbonyl (C=O) groups excluding carboxylic acids is 1. The number of likely N-dealkylation sites (tertiary alicyclic amines) is 1. The molecule has 1 fully saturated rings. The Kier molecular flexibility index (Phi) is 4.86. The van der Waals surface area contributed by atoms with Crippen LogP contribution in [0.3, 0.4) is 0 Å². The summed E-state index contributed by atoms with van der Waals surface area (Å²) >= 11 is 0. The molecule has 4 rings (SSSR count). The molecule has 0 N–H and O–H groups in total. The summed E-state index contributed by atoms with van der Waals surface area (Å²) in [7, 11) is 0. The molecule has 0 spiro atoms. The fourth-order valence-electron chi connectivity index (χ4n) is 3.68. The average Bonchev–Trinajstić information content (AvgIpc) is 3.32. The van der Waals surface area contributed by atoms with Crippen LogP contribution in [0.4, 0.5) is 0 Å². The molecule has 1 atom stereocenters. The molecule has 0 radical (unpaired) electrons. The van der Waals surface area contributed by atoms with Crippen molar-refractivity contribution >= 4 is 5.91 Å². The van der Waals surface area contributed by atoms with E-state index in [9.17, 15) is 4.79 Å². The van der Waals surface area contributed by atoms with E-state index in [0.717, 1.165) is 49.1 Å². The zero-order valence-electron chi connectivity index (χ0n) is 14.8. The number of nitrogens with zero attached hydrogens (tertiary/aromatic N) is 3. The van der Waals surface area contributed by atoms with Gasteiger partial charge in [-0.3, -0.25) is 9.48 Å². The first kappa shape index (κ1) is 16.6. The van der Waals surface area contributed by atoms with E-state index in [-0.39, 0.29) is 11.9 Å². The van der Waals surface area contributed by atoms with E-state index in [1.54, 1.807) is 12.5 Å². The molecule has 1 saturated heterocycles. The van der Waals surface area contributed by atoms with E-state index in [2.05, 4.69) is 5.10 Å². The van der Waals surface area contributed by atoms with Crippen LogP contribution in [0, 0.1) is 0 Å². The molecule has 0 unspecified atom stereocenters. The second-order valence-electron chi connectivity index (χ2n) is 6.78. The lowest BCUT2D eigenvalue weighted by Gasteiger charge is -2.29. The second-order valence-corrected chi connectivity index (χ2v) is 6.78. The van der Waals surface area contributed by atoms with Gasteiger partial charge in [-0.25, -0.2) is 0 Å². The third-order valence-corrected chi connectivity index (χ3v) is 4.96. The summed E-state index contributed by atoms with van der Waals surface area (Å²) in [5, 5.41) is 4.24. The molecule has 1 aromatic carbocycles. The Balaban J connectivity index is 1.58. The number of amides is 1. The minimum absolute atomic E-state index is 0.0229. The smallest absolute Gasteiger partial charge is 0.254 e. The van der Waals surface area contributed by atoms with Crippen LogP contribution in [-0.2, 0) is 6.54 Å². The zero-order valence-corrected chi connectivity index (χ0v) is 14.8. The van der Waals surface area contributed by atoms with E-state index in [1.807, 2.05) is 58.2 Å².